The molecule has 25 heavy (non-hydrogen) atoms. The van der Waals surface area contributed by atoms with E-state index in [1.54, 1.807) is 24.4 Å². The summed E-state index contributed by atoms with van der Waals surface area (Å²) in [4.78, 5) is 16.4. The second kappa shape index (κ2) is 6.27. The van der Waals surface area contributed by atoms with Crippen molar-refractivity contribution in [2.45, 2.75) is 12.6 Å². The first kappa shape index (κ1) is 17.1. The second-order valence-electron chi connectivity index (χ2n) is 5.70. The SMILES string of the molecule is COc1cc2nccc(N)c2cc1C1=CCN(C(=O)C(F)(F)F)CC1. The highest BCUT2D eigenvalue weighted by Gasteiger charge is 2.42. The van der Waals surface area contributed by atoms with Gasteiger partial charge in [-0.05, 0) is 24.1 Å². The normalized spacial score (nSPS) is 15.2. The van der Waals surface area contributed by atoms with E-state index in [-0.39, 0.29) is 13.1 Å². The third-order valence-corrected chi connectivity index (χ3v) is 4.18. The summed E-state index contributed by atoms with van der Waals surface area (Å²) in [5.74, 6) is -1.26. The fourth-order valence-electron chi connectivity index (χ4n) is 2.89. The molecule has 8 heteroatoms. The van der Waals surface area contributed by atoms with Crippen molar-refractivity contribution in [1.82, 2.24) is 9.88 Å². The lowest BCUT2D eigenvalue weighted by Crippen LogP contribution is -2.43. The van der Waals surface area contributed by atoms with Gasteiger partial charge in [0, 0.05) is 42.0 Å². The van der Waals surface area contributed by atoms with Gasteiger partial charge < -0.3 is 15.4 Å². The van der Waals surface area contributed by atoms with Gasteiger partial charge in [0.15, 0.2) is 0 Å². The summed E-state index contributed by atoms with van der Waals surface area (Å²) in [6, 6.07) is 5.25. The monoisotopic (exact) mass is 351 g/mol. The van der Waals surface area contributed by atoms with E-state index in [1.165, 1.54) is 7.11 Å². The molecule has 0 saturated heterocycles. The fourth-order valence-corrected chi connectivity index (χ4v) is 2.89. The Balaban J connectivity index is 1.96. The average molecular weight is 351 g/mol. The predicted octanol–water partition coefficient (Wildman–Crippen LogP) is 3.00. The topological polar surface area (TPSA) is 68.5 Å². The largest absolute Gasteiger partial charge is 0.496 e. The van der Waals surface area contributed by atoms with Gasteiger partial charge in [0.25, 0.3) is 0 Å². The van der Waals surface area contributed by atoms with Crippen molar-refractivity contribution < 1.29 is 22.7 Å². The number of hydrogen-bond acceptors (Lipinski definition) is 4. The first-order valence-corrected chi connectivity index (χ1v) is 7.59. The van der Waals surface area contributed by atoms with Crippen molar-refractivity contribution in [3.8, 4) is 5.75 Å². The van der Waals surface area contributed by atoms with E-state index in [2.05, 4.69) is 4.98 Å². The maximum absolute atomic E-state index is 12.5. The van der Waals surface area contributed by atoms with Crippen molar-refractivity contribution in [3.63, 3.8) is 0 Å². The number of fused-ring (bicyclic) bond motifs is 1. The average Bonchev–Trinajstić information content (AvgIpc) is 2.60. The van der Waals surface area contributed by atoms with Crippen LogP contribution in [0.3, 0.4) is 0 Å². The number of methoxy groups -OCH3 is 1. The number of carbonyl (C=O) groups excluding carboxylic acids is 1. The molecule has 1 aliphatic rings. The molecule has 0 bridgehead atoms. The Morgan fingerprint density at radius 3 is 2.72 bits per heavy atom. The van der Waals surface area contributed by atoms with E-state index < -0.39 is 12.1 Å². The van der Waals surface area contributed by atoms with E-state index >= 15 is 0 Å². The number of nitrogens with zero attached hydrogens (tertiary/aromatic N) is 2. The number of amides is 1. The van der Waals surface area contributed by atoms with Crippen LogP contribution in [0.4, 0.5) is 18.9 Å². The van der Waals surface area contributed by atoms with Crippen molar-refractivity contribution in [3.05, 3.63) is 36.0 Å². The highest BCUT2D eigenvalue weighted by molar-refractivity contribution is 5.94. The summed E-state index contributed by atoms with van der Waals surface area (Å²) < 4.78 is 43.0. The quantitative estimate of drug-likeness (QED) is 0.903. The Bertz CT molecular complexity index is 862. The minimum Gasteiger partial charge on any atom is -0.496 e. The number of hydrogen-bond donors (Lipinski definition) is 1. The van der Waals surface area contributed by atoms with E-state index in [4.69, 9.17) is 10.5 Å². The molecular formula is C17H16F3N3O2. The lowest BCUT2D eigenvalue weighted by atomic mass is 9.96. The molecule has 0 unspecified atom stereocenters. The Morgan fingerprint density at radius 1 is 1.36 bits per heavy atom. The van der Waals surface area contributed by atoms with Crippen LogP contribution in [0.5, 0.6) is 5.75 Å². The highest BCUT2D eigenvalue weighted by Crippen LogP contribution is 2.35. The molecule has 132 valence electrons. The summed E-state index contributed by atoms with van der Waals surface area (Å²) in [6.45, 7) is -0.106. The number of aromatic nitrogens is 1. The maximum atomic E-state index is 12.5. The lowest BCUT2D eigenvalue weighted by molar-refractivity contribution is -0.185. The fraction of sp³-hybridized carbons (Fsp3) is 0.294. The van der Waals surface area contributed by atoms with Crippen LogP contribution in [0.25, 0.3) is 16.5 Å². The standard InChI is InChI=1S/C17H16F3N3O2/c1-25-15-9-14-12(13(21)2-5-22-14)8-11(15)10-3-6-23(7-4-10)16(24)17(18,19)20/h2-3,5,8-9H,4,6-7H2,1H3,(H2,21,22). The Kier molecular flexibility index (Phi) is 4.28. The van der Waals surface area contributed by atoms with Crippen molar-refractivity contribution in [2.24, 2.45) is 0 Å². The lowest BCUT2D eigenvalue weighted by Gasteiger charge is -2.27. The van der Waals surface area contributed by atoms with Gasteiger partial charge in [0.1, 0.15) is 5.75 Å². The molecule has 0 saturated carbocycles. The van der Waals surface area contributed by atoms with Crippen LogP contribution in [0, 0.1) is 0 Å². The second-order valence-corrected chi connectivity index (χ2v) is 5.70. The number of alkyl halides is 3. The van der Waals surface area contributed by atoms with Crippen LogP contribution >= 0.6 is 0 Å². The molecule has 0 spiro atoms. The molecule has 1 aromatic carbocycles. The van der Waals surface area contributed by atoms with Crippen molar-refractivity contribution in [1.29, 1.82) is 0 Å². The molecule has 0 fully saturated rings. The Morgan fingerprint density at radius 2 is 2.12 bits per heavy atom. The van der Waals surface area contributed by atoms with Gasteiger partial charge in [-0.1, -0.05) is 6.08 Å². The number of benzene rings is 1. The van der Waals surface area contributed by atoms with Gasteiger partial charge in [-0.15, -0.1) is 0 Å². The number of nitrogens with two attached hydrogens (primary N) is 1. The Labute approximate surface area is 141 Å². The third kappa shape index (κ3) is 3.24. The van der Waals surface area contributed by atoms with Crippen molar-refractivity contribution in [2.75, 3.05) is 25.9 Å². The highest BCUT2D eigenvalue weighted by atomic mass is 19.4. The molecule has 2 heterocycles. The van der Waals surface area contributed by atoms with Crippen LogP contribution in [-0.4, -0.2) is 42.2 Å². The zero-order chi connectivity index (χ0) is 18.2. The Hall–Kier alpha value is -2.77. The van der Waals surface area contributed by atoms with Crippen LogP contribution in [-0.2, 0) is 4.79 Å². The van der Waals surface area contributed by atoms with Gasteiger partial charge in [-0.25, -0.2) is 0 Å². The van der Waals surface area contributed by atoms with Crippen LogP contribution in [0.1, 0.15) is 12.0 Å². The van der Waals surface area contributed by atoms with Gasteiger partial charge in [-0.3, -0.25) is 9.78 Å². The molecule has 5 nitrogen and oxygen atoms in total. The van der Waals surface area contributed by atoms with Gasteiger partial charge in [0.2, 0.25) is 0 Å². The van der Waals surface area contributed by atoms with Gasteiger partial charge in [0.05, 0.1) is 12.6 Å². The van der Waals surface area contributed by atoms with Crippen molar-refractivity contribution >= 4 is 28.1 Å². The molecule has 1 aliphatic heterocycles. The summed E-state index contributed by atoms with van der Waals surface area (Å²) in [7, 11) is 1.51. The number of pyridine rings is 1. The van der Waals surface area contributed by atoms with Crippen LogP contribution in [0.15, 0.2) is 30.5 Å². The summed E-state index contributed by atoms with van der Waals surface area (Å²) in [5, 5.41) is 0.744. The first-order valence-electron chi connectivity index (χ1n) is 7.59. The van der Waals surface area contributed by atoms with E-state index in [9.17, 15) is 18.0 Å². The maximum Gasteiger partial charge on any atom is 0.471 e. The number of nitrogen functional groups attached to an aromatic ring is 1. The molecule has 2 aromatic rings. The van der Waals surface area contributed by atoms with Crippen LogP contribution < -0.4 is 10.5 Å². The summed E-state index contributed by atoms with van der Waals surface area (Å²) in [5.41, 5.74) is 8.76. The molecule has 0 atom stereocenters. The summed E-state index contributed by atoms with van der Waals surface area (Å²) in [6.07, 6.45) is -1.35. The summed E-state index contributed by atoms with van der Waals surface area (Å²) >= 11 is 0. The number of ether oxygens (including phenoxy) is 1. The van der Waals surface area contributed by atoms with E-state index in [0.717, 1.165) is 21.4 Å². The van der Waals surface area contributed by atoms with E-state index in [0.29, 0.717) is 23.4 Å². The number of rotatable bonds is 2. The molecule has 0 radical (unpaired) electrons. The third-order valence-electron chi connectivity index (χ3n) is 4.18. The molecule has 1 aromatic heterocycles. The molecule has 1 amide bonds. The zero-order valence-corrected chi connectivity index (χ0v) is 13.4. The number of halogens is 3. The smallest absolute Gasteiger partial charge is 0.471 e. The zero-order valence-electron chi connectivity index (χ0n) is 13.4. The molecule has 3 rings (SSSR count). The minimum atomic E-state index is -4.86. The van der Waals surface area contributed by atoms with E-state index in [1.807, 2.05) is 6.07 Å². The number of carbonyl (C=O) groups is 1. The molecule has 2 N–H and O–H groups in total. The predicted molar refractivity (Wildman–Crippen MR) is 87.9 cm³/mol. The number of anilines is 1. The molecule has 0 aliphatic carbocycles. The minimum absolute atomic E-state index is 0.00606. The van der Waals surface area contributed by atoms with Crippen LogP contribution in [0.2, 0.25) is 0 Å². The first-order chi connectivity index (χ1) is 11.8. The van der Waals surface area contributed by atoms with Gasteiger partial charge >= 0.3 is 12.1 Å². The molecular weight excluding hydrogens is 335 g/mol. The van der Waals surface area contributed by atoms with Gasteiger partial charge in [-0.2, -0.15) is 13.2 Å².